The van der Waals surface area contributed by atoms with E-state index in [-0.39, 0.29) is 0 Å². The molecule has 1 N–H and O–H groups in total. The van der Waals surface area contributed by atoms with Gasteiger partial charge in [-0.1, -0.05) is 13.8 Å². The molecule has 1 atom stereocenters. The van der Waals surface area contributed by atoms with Crippen molar-refractivity contribution < 1.29 is 9.84 Å². The molecule has 0 fully saturated rings. The van der Waals surface area contributed by atoms with Gasteiger partial charge < -0.3 is 9.84 Å². The van der Waals surface area contributed by atoms with Crippen molar-refractivity contribution in [3.05, 3.63) is 18.0 Å². The summed E-state index contributed by atoms with van der Waals surface area (Å²) in [5, 5.41) is 14.7. The van der Waals surface area contributed by atoms with Crippen LogP contribution < -0.4 is 0 Å². The van der Waals surface area contributed by atoms with Gasteiger partial charge in [0.05, 0.1) is 11.8 Å². The first-order valence-corrected chi connectivity index (χ1v) is 6.47. The van der Waals surface area contributed by atoms with E-state index in [0.717, 1.165) is 24.9 Å². The molecule has 4 heteroatoms. The maximum atomic E-state index is 10.5. The van der Waals surface area contributed by atoms with Crippen molar-refractivity contribution >= 4 is 0 Å². The zero-order chi connectivity index (χ0) is 12.9. The lowest BCUT2D eigenvalue weighted by Gasteiger charge is -2.35. The van der Waals surface area contributed by atoms with Crippen molar-refractivity contribution in [2.24, 2.45) is 0 Å². The summed E-state index contributed by atoms with van der Waals surface area (Å²) in [7, 11) is 0. The highest BCUT2D eigenvalue weighted by Crippen LogP contribution is 2.35. The van der Waals surface area contributed by atoms with Crippen molar-refractivity contribution in [2.45, 2.75) is 58.8 Å². The van der Waals surface area contributed by atoms with Crippen molar-refractivity contribution in [1.82, 2.24) is 9.78 Å². The Bertz CT molecular complexity index is 332. The molecule has 17 heavy (non-hydrogen) atoms. The van der Waals surface area contributed by atoms with E-state index in [1.165, 1.54) is 0 Å². The summed E-state index contributed by atoms with van der Waals surface area (Å²) in [6.07, 6.45) is 4.58. The monoisotopic (exact) mass is 240 g/mol. The number of aliphatic hydroxyl groups is 1. The SMILES string of the molecule is CCOC(CC)(CC)C(O)c1cnn(CC)c1. The third kappa shape index (κ3) is 2.87. The van der Waals surface area contributed by atoms with Crippen LogP contribution in [0.3, 0.4) is 0 Å². The molecule has 0 amide bonds. The van der Waals surface area contributed by atoms with Gasteiger partial charge in [0.15, 0.2) is 0 Å². The van der Waals surface area contributed by atoms with Crippen molar-refractivity contribution in [3.63, 3.8) is 0 Å². The molecular weight excluding hydrogens is 216 g/mol. The first-order chi connectivity index (χ1) is 8.13. The van der Waals surface area contributed by atoms with Gasteiger partial charge in [-0.15, -0.1) is 0 Å². The molecule has 0 aliphatic rings. The number of hydrogen-bond donors (Lipinski definition) is 1. The minimum absolute atomic E-state index is 0.490. The Morgan fingerprint density at radius 1 is 1.35 bits per heavy atom. The minimum Gasteiger partial charge on any atom is -0.385 e. The molecule has 0 bridgehead atoms. The van der Waals surface area contributed by atoms with E-state index in [9.17, 15) is 5.11 Å². The van der Waals surface area contributed by atoms with Gasteiger partial charge in [-0.2, -0.15) is 5.10 Å². The van der Waals surface area contributed by atoms with E-state index >= 15 is 0 Å². The summed E-state index contributed by atoms with van der Waals surface area (Å²) >= 11 is 0. The predicted octanol–water partition coefficient (Wildman–Crippen LogP) is 2.53. The molecule has 0 aromatic carbocycles. The molecule has 0 saturated heterocycles. The maximum absolute atomic E-state index is 10.5. The van der Waals surface area contributed by atoms with Gasteiger partial charge in [0.1, 0.15) is 6.10 Å². The average Bonchev–Trinajstić information content (AvgIpc) is 2.84. The minimum atomic E-state index is -0.613. The quantitative estimate of drug-likeness (QED) is 0.796. The molecule has 1 heterocycles. The summed E-state index contributed by atoms with van der Waals surface area (Å²) in [6.45, 7) is 9.51. The number of aromatic nitrogens is 2. The molecule has 0 spiro atoms. The van der Waals surface area contributed by atoms with Crippen LogP contribution in [0.5, 0.6) is 0 Å². The van der Waals surface area contributed by atoms with E-state index in [2.05, 4.69) is 5.10 Å². The molecule has 1 unspecified atom stereocenters. The van der Waals surface area contributed by atoms with Crippen LogP contribution in [0, 0.1) is 0 Å². The smallest absolute Gasteiger partial charge is 0.111 e. The second-order valence-corrected chi connectivity index (χ2v) is 4.24. The predicted molar refractivity (Wildman–Crippen MR) is 67.8 cm³/mol. The Labute approximate surface area is 104 Å². The zero-order valence-electron chi connectivity index (χ0n) is 11.3. The number of rotatable bonds is 7. The zero-order valence-corrected chi connectivity index (χ0v) is 11.3. The average molecular weight is 240 g/mol. The van der Waals surface area contributed by atoms with Crippen LogP contribution in [0.1, 0.15) is 52.2 Å². The van der Waals surface area contributed by atoms with Crippen molar-refractivity contribution in [1.29, 1.82) is 0 Å². The number of nitrogens with zero attached hydrogens (tertiary/aromatic N) is 2. The van der Waals surface area contributed by atoms with Crippen LogP contribution >= 0.6 is 0 Å². The summed E-state index contributed by atoms with van der Waals surface area (Å²) in [6, 6.07) is 0. The Morgan fingerprint density at radius 2 is 2.00 bits per heavy atom. The number of ether oxygens (including phenoxy) is 1. The van der Waals surface area contributed by atoms with E-state index in [1.807, 2.05) is 38.6 Å². The molecule has 0 saturated carbocycles. The maximum Gasteiger partial charge on any atom is 0.111 e. The highest BCUT2D eigenvalue weighted by molar-refractivity contribution is 5.13. The molecule has 1 rings (SSSR count). The molecule has 1 aromatic heterocycles. The third-order valence-electron chi connectivity index (χ3n) is 3.42. The fraction of sp³-hybridized carbons (Fsp3) is 0.769. The van der Waals surface area contributed by atoms with Gasteiger partial charge in [0.25, 0.3) is 0 Å². The normalized spacial score (nSPS) is 13.9. The van der Waals surface area contributed by atoms with Gasteiger partial charge in [-0.3, -0.25) is 4.68 Å². The van der Waals surface area contributed by atoms with E-state index < -0.39 is 11.7 Å². The van der Waals surface area contributed by atoms with E-state index in [1.54, 1.807) is 6.20 Å². The van der Waals surface area contributed by atoms with Crippen LogP contribution in [0.4, 0.5) is 0 Å². The van der Waals surface area contributed by atoms with E-state index in [0.29, 0.717) is 6.61 Å². The first kappa shape index (κ1) is 14.2. The van der Waals surface area contributed by atoms with Gasteiger partial charge >= 0.3 is 0 Å². The third-order valence-corrected chi connectivity index (χ3v) is 3.42. The fourth-order valence-corrected chi connectivity index (χ4v) is 2.20. The second kappa shape index (κ2) is 6.17. The second-order valence-electron chi connectivity index (χ2n) is 4.24. The summed E-state index contributed by atoms with van der Waals surface area (Å²) < 4.78 is 7.62. The standard InChI is InChI=1S/C13H24N2O2/c1-5-13(6-2,17-8-4)12(16)11-9-14-15(7-3)10-11/h9-10,12,16H,5-8H2,1-4H3. The Morgan fingerprint density at radius 3 is 2.41 bits per heavy atom. The highest BCUT2D eigenvalue weighted by atomic mass is 16.5. The number of aryl methyl sites for hydroxylation is 1. The van der Waals surface area contributed by atoms with Crippen LogP contribution in [0.2, 0.25) is 0 Å². The topological polar surface area (TPSA) is 47.3 Å². The number of aliphatic hydroxyl groups excluding tert-OH is 1. The van der Waals surface area contributed by atoms with Crippen molar-refractivity contribution in [2.75, 3.05) is 6.61 Å². The molecule has 4 nitrogen and oxygen atoms in total. The molecular formula is C13H24N2O2. The highest BCUT2D eigenvalue weighted by Gasteiger charge is 2.36. The lowest BCUT2D eigenvalue weighted by atomic mass is 9.87. The lowest BCUT2D eigenvalue weighted by molar-refractivity contribution is -0.127. The first-order valence-electron chi connectivity index (χ1n) is 6.47. The van der Waals surface area contributed by atoms with Gasteiger partial charge in [0.2, 0.25) is 0 Å². The Hall–Kier alpha value is -0.870. The molecule has 0 radical (unpaired) electrons. The van der Waals surface area contributed by atoms with Gasteiger partial charge in [-0.25, -0.2) is 0 Å². The van der Waals surface area contributed by atoms with Crippen LogP contribution in [0.25, 0.3) is 0 Å². The number of hydrogen-bond acceptors (Lipinski definition) is 3. The van der Waals surface area contributed by atoms with Gasteiger partial charge in [-0.05, 0) is 26.7 Å². The largest absolute Gasteiger partial charge is 0.385 e. The van der Waals surface area contributed by atoms with Gasteiger partial charge in [0, 0.05) is 24.9 Å². The Kier molecular flexibility index (Phi) is 5.15. The van der Waals surface area contributed by atoms with Crippen molar-refractivity contribution in [3.8, 4) is 0 Å². The lowest BCUT2D eigenvalue weighted by Crippen LogP contribution is -2.38. The summed E-state index contributed by atoms with van der Waals surface area (Å²) in [5.41, 5.74) is 0.347. The molecule has 1 aromatic rings. The van der Waals surface area contributed by atoms with Crippen LogP contribution in [-0.2, 0) is 11.3 Å². The molecule has 0 aliphatic heterocycles. The fourth-order valence-electron chi connectivity index (χ4n) is 2.20. The summed E-state index contributed by atoms with van der Waals surface area (Å²) in [4.78, 5) is 0. The van der Waals surface area contributed by atoms with Crippen LogP contribution in [0.15, 0.2) is 12.4 Å². The molecule has 0 aliphatic carbocycles. The molecule has 98 valence electrons. The van der Waals surface area contributed by atoms with E-state index in [4.69, 9.17) is 4.74 Å². The van der Waals surface area contributed by atoms with Crippen LogP contribution in [-0.4, -0.2) is 27.1 Å². The Balaban J connectivity index is 2.93. The summed E-state index contributed by atoms with van der Waals surface area (Å²) in [5.74, 6) is 0.